The molecular formula is C16H22N2O3. The maximum Gasteiger partial charge on any atom is 0.319 e. The van der Waals surface area contributed by atoms with E-state index >= 15 is 0 Å². The topological polar surface area (TPSA) is 78.4 Å². The van der Waals surface area contributed by atoms with Crippen LogP contribution in [0.4, 0.5) is 10.5 Å². The van der Waals surface area contributed by atoms with Crippen molar-refractivity contribution in [2.45, 2.75) is 45.6 Å². The molecule has 1 aromatic carbocycles. The summed E-state index contributed by atoms with van der Waals surface area (Å²) in [6, 6.07) is 5.43. The number of carboxylic acids is 1. The molecule has 0 bridgehead atoms. The molecule has 2 rings (SSSR count). The fraction of sp³-hybridized carbons (Fsp3) is 0.500. The molecule has 1 aromatic rings. The van der Waals surface area contributed by atoms with Gasteiger partial charge in [-0.1, -0.05) is 18.6 Å². The number of nitrogens with one attached hydrogen (secondary N) is 2. The van der Waals surface area contributed by atoms with Crippen LogP contribution in [0.2, 0.25) is 0 Å². The molecule has 0 heterocycles. The molecule has 2 atom stereocenters. The lowest BCUT2D eigenvalue weighted by molar-refractivity contribution is -0.143. The highest BCUT2D eigenvalue weighted by Crippen LogP contribution is 2.24. The predicted octanol–water partition coefficient (Wildman–Crippen LogP) is 3.07. The number of hydrogen-bond acceptors (Lipinski definition) is 2. The average molecular weight is 290 g/mol. The SMILES string of the molecule is Cc1cccc(NC(=O)NC2CCCC(C(=O)O)C2)c1C. The second kappa shape index (κ2) is 6.61. The van der Waals surface area contributed by atoms with Gasteiger partial charge in [-0.05, 0) is 50.3 Å². The van der Waals surface area contributed by atoms with Crippen LogP contribution in [0.3, 0.4) is 0 Å². The normalized spacial score (nSPS) is 21.6. The molecule has 1 aliphatic carbocycles. The molecule has 5 heteroatoms. The highest BCUT2D eigenvalue weighted by Gasteiger charge is 2.27. The Bertz CT molecular complexity index is 542. The van der Waals surface area contributed by atoms with Gasteiger partial charge in [0.25, 0.3) is 0 Å². The van der Waals surface area contributed by atoms with E-state index < -0.39 is 5.97 Å². The molecule has 5 nitrogen and oxygen atoms in total. The molecule has 0 aromatic heterocycles. The largest absolute Gasteiger partial charge is 0.481 e. The third-order valence-corrected chi connectivity index (χ3v) is 4.21. The fourth-order valence-corrected chi connectivity index (χ4v) is 2.78. The summed E-state index contributed by atoms with van der Waals surface area (Å²) in [7, 11) is 0. The Morgan fingerprint density at radius 1 is 1.24 bits per heavy atom. The molecule has 0 radical (unpaired) electrons. The Morgan fingerprint density at radius 2 is 2.00 bits per heavy atom. The van der Waals surface area contributed by atoms with Crippen molar-refractivity contribution in [2.75, 3.05) is 5.32 Å². The summed E-state index contributed by atoms with van der Waals surface area (Å²) in [6.45, 7) is 3.96. The van der Waals surface area contributed by atoms with Crippen molar-refractivity contribution < 1.29 is 14.7 Å². The van der Waals surface area contributed by atoms with Crippen molar-refractivity contribution in [3.8, 4) is 0 Å². The van der Waals surface area contributed by atoms with E-state index in [1.165, 1.54) is 0 Å². The summed E-state index contributed by atoms with van der Waals surface area (Å²) in [6.07, 6.45) is 2.89. The Morgan fingerprint density at radius 3 is 2.71 bits per heavy atom. The number of hydrogen-bond donors (Lipinski definition) is 3. The van der Waals surface area contributed by atoms with E-state index in [0.717, 1.165) is 29.7 Å². The number of carbonyl (C=O) groups is 2. The smallest absolute Gasteiger partial charge is 0.319 e. The van der Waals surface area contributed by atoms with Crippen LogP contribution in [0.15, 0.2) is 18.2 Å². The number of rotatable bonds is 3. The van der Waals surface area contributed by atoms with Crippen LogP contribution in [-0.4, -0.2) is 23.1 Å². The van der Waals surface area contributed by atoms with Crippen LogP contribution in [0.5, 0.6) is 0 Å². The minimum absolute atomic E-state index is 0.0648. The summed E-state index contributed by atoms with van der Waals surface area (Å²) in [5.74, 6) is -1.11. The number of benzene rings is 1. The molecule has 3 N–H and O–H groups in total. The van der Waals surface area contributed by atoms with E-state index in [9.17, 15) is 9.59 Å². The number of aryl methyl sites for hydroxylation is 1. The Kier molecular flexibility index (Phi) is 4.83. The minimum Gasteiger partial charge on any atom is -0.481 e. The average Bonchev–Trinajstić information content (AvgIpc) is 2.44. The maximum atomic E-state index is 12.1. The van der Waals surface area contributed by atoms with Crippen molar-refractivity contribution in [1.82, 2.24) is 5.32 Å². The van der Waals surface area contributed by atoms with E-state index in [-0.39, 0.29) is 18.0 Å². The lowest BCUT2D eigenvalue weighted by Crippen LogP contribution is -2.42. The van der Waals surface area contributed by atoms with Crippen molar-refractivity contribution in [1.29, 1.82) is 0 Å². The van der Waals surface area contributed by atoms with Crippen LogP contribution < -0.4 is 10.6 Å². The quantitative estimate of drug-likeness (QED) is 0.800. The fourth-order valence-electron chi connectivity index (χ4n) is 2.78. The van der Waals surface area contributed by atoms with Crippen LogP contribution in [-0.2, 0) is 4.79 Å². The van der Waals surface area contributed by atoms with Crippen molar-refractivity contribution >= 4 is 17.7 Å². The molecular weight excluding hydrogens is 268 g/mol. The number of carboxylic acid groups (broad SMARTS) is 1. The molecule has 2 unspecified atom stereocenters. The van der Waals surface area contributed by atoms with Crippen molar-refractivity contribution in [3.63, 3.8) is 0 Å². The zero-order valence-corrected chi connectivity index (χ0v) is 12.5. The van der Waals surface area contributed by atoms with Crippen LogP contribution in [0.25, 0.3) is 0 Å². The van der Waals surface area contributed by atoms with Crippen LogP contribution >= 0.6 is 0 Å². The van der Waals surface area contributed by atoms with E-state index in [2.05, 4.69) is 10.6 Å². The number of aliphatic carboxylic acids is 1. The summed E-state index contributed by atoms with van der Waals surface area (Å²) in [5.41, 5.74) is 2.95. The third kappa shape index (κ3) is 3.97. The molecule has 2 amide bonds. The van der Waals surface area contributed by atoms with Gasteiger partial charge in [-0.25, -0.2) is 4.79 Å². The van der Waals surface area contributed by atoms with E-state index in [4.69, 9.17) is 5.11 Å². The number of urea groups is 1. The first kappa shape index (κ1) is 15.4. The van der Waals surface area contributed by atoms with Gasteiger partial charge in [-0.15, -0.1) is 0 Å². The van der Waals surface area contributed by atoms with Gasteiger partial charge in [0, 0.05) is 11.7 Å². The first-order chi connectivity index (χ1) is 9.97. The van der Waals surface area contributed by atoms with E-state index in [1.54, 1.807) is 0 Å². The molecule has 1 aliphatic rings. The van der Waals surface area contributed by atoms with Gasteiger partial charge < -0.3 is 15.7 Å². The number of anilines is 1. The van der Waals surface area contributed by atoms with Gasteiger partial charge in [-0.2, -0.15) is 0 Å². The molecule has 1 saturated carbocycles. The zero-order valence-electron chi connectivity index (χ0n) is 12.5. The van der Waals surface area contributed by atoms with E-state index in [1.807, 2.05) is 32.0 Å². The van der Waals surface area contributed by atoms with E-state index in [0.29, 0.717) is 12.8 Å². The molecule has 0 saturated heterocycles. The molecule has 1 fully saturated rings. The van der Waals surface area contributed by atoms with Crippen molar-refractivity contribution in [2.24, 2.45) is 5.92 Å². The zero-order chi connectivity index (χ0) is 15.4. The second-order valence-corrected chi connectivity index (χ2v) is 5.74. The van der Waals surface area contributed by atoms with Gasteiger partial charge in [0.2, 0.25) is 0 Å². The summed E-state index contributed by atoms with van der Waals surface area (Å²) in [4.78, 5) is 23.1. The molecule has 0 aliphatic heterocycles. The maximum absolute atomic E-state index is 12.1. The van der Waals surface area contributed by atoms with Crippen LogP contribution in [0, 0.1) is 19.8 Å². The molecule has 114 valence electrons. The Hall–Kier alpha value is -2.04. The first-order valence-electron chi connectivity index (χ1n) is 7.34. The Balaban J connectivity index is 1.92. The van der Waals surface area contributed by atoms with Crippen LogP contribution in [0.1, 0.15) is 36.8 Å². The molecule has 21 heavy (non-hydrogen) atoms. The van der Waals surface area contributed by atoms with Crippen molar-refractivity contribution in [3.05, 3.63) is 29.3 Å². The van der Waals surface area contributed by atoms with Gasteiger partial charge in [0.05, 0.1) is 5.92 Å². The first-order valence-corrected chi connectivity index (χ1v) is 7.34. The third-order valence-electron chi connectivity index (χ3n) is 4.21. The van der Waals surface area contributed by atoms with Gasteiger partial charge in [0.15, 0.2) is 0 Å². The predicted molar refractivity (Wildman–Crippen MR) is 81.5 cm³/mol. The highest BCUT2D eigenvalue weighted by molar-refractivity contribution is 5.90. The summed E-state index contributed by atoms with van der Waals surface area (Å²) >= 11 is 0. The second-order valence-electron chi connectivity index (χ2n) is 5.74. The number of amides is 2. The monoisotopic (exact) mass is 290 g/mol. The van der Waals surface area contributed by atoms with Gasteiger partial charge in [0.1, 0.15) is 0 Å². The van der Waals surface area contributed by atoms with Gasteiger partial charge >= 0.3 is 12.0 Å². The van der Waals surface area contributed by atoms with Gasteiger partial charge in [-0.3, -0.25) is 4.79 Å². The molecule has 0 spiro atoms. The lowest BCUT2D eigenvalue weighted by atomic mass is 9.86. The Labute approximate surface area is 124 Å². The minimum atomic E-state index is -0.767. The summed E-state index contributed by atoms with van der Waals surface area (Å²) < 4.78 is 0. The highest BCUT2D eigenvalue weighted by atomic mass is 16.4. The number of carbonyl (C=O) groups excluding carboxylic acids is 1. The standard InChI is InChI=1S/C16H22N2O3/c1-10-5-3-8-14(11(10)2)18-16(21)17-13-7-4-6-12(9-13)15(19)20/h3,5,8,12-13H,4,6-7,9H2,1-2H3,(H,19,20)(H2,17,18,21). The lowest BCUT2D eigenvalue weighted by Gasteiger charge is -2.27. The summed E-state index contributed by atoms with van der Waals surface area (Å²) in [5, 5.41) is 14.8.